The summed E-state index contributed by atoms with van der Waals surface area (Å²) in [6, 6.07) is 10.5. The first-order valence-corrected chi connectivity index (χ1v) is 10.7. The molecule has 3 rings (SSSR count). The molecule has 0 bridgehead atoms. The topological polar surface area (TPSA) is 102 Å². The first-order valence-electron chi connectivity index (χ1n) is 8.74. The van der Waals surface area contributed by atoms with E-state index in [1.807, 2.05) is 0 Å². The summed E-state index contributed by atoms with van der Waals surface area (Å²) in [4.78, 5) is 25.1. The Bertz CT molecular complexity index is 1330. The van der Waals surface area contributed by atoms with Crippen molar-refractivity contribution < 1.29 is 35.9 Å². The number of carbonyl (C=O) groups is 2. The highest BCUT2D eigenvalue weighted by molar-refractivity contribution is 7.90. The molecular formula is C20H14ClF3N2O5S. The second kappa shape index (κ2) is 9.05. The van der Waals surface area contributed by atoms with Crippen LogP contribution in [0.2, 0.25) is 5.02 Å². The standard InChI is InChI=1S/C20H14ClF3N2O5S/c1-31-17-9-16(14(8-15(17)21)19(28)26-32(29,30)20(23)24)25-18(27)12-3-2-11-7-13(22)5-4-10(11)6-12/h2-9,20H,1H3,(H,25,27)(H,26,28). The van der Waals surface area contributed by atoms with Gasteiger partial charge >= 0.3 is 5.76 Å². The lowest BCUT2D eigenvalue weighted by atomic mass is 10.1. The summed E-state index contributed by atoms with van der Waals surface area (Å²) in [7, 11) is -3.99. The number of nitrogens with one attached hydrogen (secondary N) is 2. The van der Waals surface area contributed by atoms with Crippen LogP contribution < -0.4 is 14.8 Å². The molecule has 7 nitrogen and oxygen atoms in total. The second-order valence-electron chi connectivity index (χ2n) is 6.43. The molecule has 168 valence electrons. The third kappa shape index (κ3) is 4.94. The van der Waals surface area contributed by atoms with E-state index in [4.69, 9.17) is 16.3 Å². The molecule has 32 heavy (non-hydrogen) atoms. The highest BCUT2D eigenvalue weighted by atomic mass is 35.5. The van der Waals surface area contributed by atoms with Crippen LogP contribution in [-0.2, 0) is 10.0 Å². The van der Waals surface area contributed by atoms with Gasteiger partial charge in [-0.15, -0.1) is 0 Å². The molecule has 0 aliphatic heterocycles. The van der Waals surface area contributed by atoms with E-state index in [1.54, 1.807) is 0 Å². The van der Waals surface area contributed by atoms with Crippen molar-refractivity contribution in [2.24, 2.45) is 0 Å². The Morgan fingerprint density at radius 2 is 1.66 bits per heavy atom. The van der Waals surface area contributed by atoms with Gasteiger partial charge in [0.2, 0.25) is 0 Å². The van der Waals surface area contributed by atoms with Crippen LogP contribution in [-0.4, -0.2) is 33.1 Å². The zero-order chi connectivity index (χ0) is 23.6. The van der Waals surface area contributed by atoms with E-state index in [-0.39, 0.29) is 22.0 Å². The van der Waals surface area contributed by atoms with Crippen molar-refractivity contribution in [1.82, 2.24) is 4.72 Å². The van der Waals surface area contributed by atoms with E-state index < -0.39 is 39.0 Å². The lowest BCUT2D eigenvalue weighted by Crippen LogP contribution is -2.35. The highest BCUT2D eigenvalue weighted by Gasteiger charge is 2.28. The number of fused-ring (bicyclic) bond motifs is 1. The first kappa shape index (κ1) is 23.4. The Labute approximate surface area is 185 Å². The van der Waals surface area contributed by atoms with Crippen LogP contribution in [0.1, 0.15) is 20.7 Å². The minimum absolute atomic E-state index is 0.0317. The maximum atomic E-state index is 13.3. The zero-order valence-electron chi connectivity index (χ0n) is 16.2. The van der Waals surface area contributed by atoms with Crippen molar-refractivity contribution in [3.8, 4) is 5.75 Å². The molecule has 0 atom stereocenters. The van der Waals surface area contributed by atoms with Gasteiger partial charge in [0.05, 0.1) is 23.4 Å². The monoisotopic (exact) mass is 486 g/mol. The van der Waals surface area contributed by atoms with Crippen molar-refractivity contribution in [2.45, 2.75) is 5.76 Å². The zero-order valence-corrected chi connectivity index (χ0v) is 17.7. The molecule has 0 radical (unpaired) electrons. The van der Waals surface area contributed by atoms with Crippen molar-refractivity contribution >= 4 is 49.9 Å². The van der Waals surface area contributed by atoms with Crippen molar-refractivity contribution in [2.75, 3.05) is 12.4 Å². The lowest BCUT2D eigenvalue weighted by molar-refractivity contribution is 0.0977. The van der Waals surface area contributed by atoms with Gasteiger partial charge in [-0.25, -0.2) is 17.5 Å². The van der Waals surface area contributed by atoms with Crippen molar-refractivity contribution in [1.29, 1.82) is 0 Å². The largest absolute Gasteiger partial charge is 0.495 e. The third-order valence-electron chi connectivity index (χ3n) is 4.32. The molecule has 2 N–H and O–H groups in total. The summed E-state index contributed by atoms with van der Waals surface area (Å²) < 4.78 is 67.6. The number of methoxy groups -OCH3 is 1. The molecule has 0 spiro atoms. The second-order valence-corrected chi connectivity index (χ2v) is 8.49. The van der Waals surface area contributed by atoms with Crippen LogP contribution in [0.15, 0.2) is 48.5 Å². The molecule has 3 aromatic rings. The van der Waals surface area contributed by atoms with E-state index in [9.17, 15) is 31.2 Å². The number of hydrogen-bond donors (Lipinski definition) is 2. The van der Waals surface area contributed by atoms with Crippen LogP contribution in [0.4, 0.5) is 18.9 Å². The summed E-state index contributed by atoms with van der Waals surface area (Å²) in [5.41, 5.74) is -0.599. The maximum absolute atomic E-state index is 13.3. The van der Waals surface area contributed by atoms with Gasteiger partial charge in [0.25, 0.3) is 21.8 Å². The smallest absolute Gasteiger partial charge is 0.355 e. The molecule has 0 saturated heterocycles. The van der Waals surface area contributed by atoms with E-state index in [1.165, 1.54) is 48.2 Å². The molecule has 0 fully saturated rings. The summed E-state index contributed by atoms with van der Waals surface area (Å²) >= 11 is 5.97. The van der Waals surface area contributed by atoms with Gasteiger partial charge in [0.15, 0.2) is 0 Å². The summed E-state index contributed by atoms with van der Waals surface area (Å²) in [6.07, 6.45) is 0. The minimum atomic E-state index is -5.25. The average Bonchev–Trinajstić information content (AvgIpc) is 2.73. The molecule has 3 aromatic carbocycles. The normalized spacial score (nSPS) is 11.4. The molecule has 0 unspecified atom stereocenters. The molecular weight excluding hydrogens is 473 g/mol. The molecule has 0 aliphatic rings. The summed E-state index contributed by atoms with van der Waals surface area (Å²) in [5.74, 6) is -6.41. The quantitative estimate of drug-likeness (QED) is 0.544. The van der Waals surface area contributed by atoms with Crippen LogP contribution in [0.5, 0.6) is 5.75 Å². The number of carbonyl (C=O) groups excluding carboxylic acids is 2. The van der Waals surface area contributed by atoms with Crippen molar-refractivity contribution in [3.63, 3.8) is 0 Å². The number of rotatable bonds is 6. The Morgan fingerprint density at radius 1 is 1.00 bits per heavy atom. The number of halogens is 4. The van der Waals surface area contributed by atoms with Crippen LogP contribution in [0.25, 0.3) is 10.8 Å². The number of hydrogen-bond acceptors (Lipinski definition) is 5. The third-order valence-corrected chi connectivity index (χ3v) is 5.55. The Morgan fingerprint density at radius 3 is 2.31 bits per heavy atom. The molecule has 0 aliphatic carbocycles. The molecule has 12 heteroatoms. The predicted octanol–water partition coefficient (Wildman–Crippen LogP) is 4.18. The molecule has 2 amide bonds. The number of ether oxygens (including phenoxy) is 1. The van der Waals surface area contributed by atoms with Gasteiger partial charge in [-0.05, 0) is 41.1 Å². The fourth-order valence-corrected chi connectivity index (χ4v) is 3.48. The van der Waals surface area contributed by atoms with Crippen molar-refractivity contribution in [3.05, 3.63) is 70.5 Å². The van der Waals surface area contributed by atoms with Gasteiger partial charge < -0.3 is 10.1 Å². The Hall–Kier alpha value is -3.31. The van der Waals surface area contributed by atoms with Crippen LogP contribution in [0.3, 0.4) is 0 Å². The number of amides is 2. The van der Waals surface area contributed by atoms with Crippen LogP contribution >= 0.6 is 11.6 Å². The Balaban J connectivity index is 1.98. The SMILES string of the molecule is COc1cc(NC(=O)c2ccc3cc(F)ccc3c2)c(C(=O)NS(=O)(=O)C(F)F)cc1Cl. The number of sulfonamides is 1. The first-order chi connectivity index (χ1) is 15.0. The number of benzene rings is 3. The highest BCUT2D eigenvalue weighted by Crippen LogP contribution is 2.32. The number of anilines is 1. The van der Waals surface area contributed by atoms with Gasteiger partial charge in [0, 0.05) is 11.6 Å². The molecule has 0 aromatic heterocycles. The van der Waals surface area contributed by atoms with E-state index in [0.29, 0.717) is 10.8 Å². The molecule has 0 saturated carbocycles. The van der Waals surface area contributed by atoms with Gasteiger partial charge in [0.1, 0.15) is 11.6 Å². The lowest BCUT2D eigenvalue weighted by Gasteiger charge is -2.14. The maximum Gasteiger partial charge on any atom is 0.355 e. The predicted molar refractivity (Wildman–Crippen MR) is 112 cm³/mol. The number of alkyl halides is 2. The Kier molecular flexibility index (Phi) is 6.60. The van der Waals surface area contributed by atoms with Crippen LogP contribution in [0, 0.1) is 5.82 Å². The van der Waals surface area contributed by atoms with Gasteiger partial charge in [-0.1, -0.05) is 23.7 Å². The fourth-order valence-electron chi connectivity index (χ4n) is 2.78. The molecule has 0 heterocycles. The van der Waals surface area contributed by atoms with Gasteiger partial charge in [-0.2, -0.15) is 8.78 Å². The van der Waals surface area contributed by atoms with E-state index in [2.05, 4.69) is 5.32 Å². The fraction of sp³-hybridized carbons (Fsp3) is 0.100. The summed E-state index contributed by atoms with van der Waals surface area (Å²) in [6.45, 7) is 0. The van der Waals surface area contributed by atoms with Gasteiger partial charge in [-0.3, -0.25) is 9.59 Å². The summed E-state index contributed by atoms with van der Waals surface area (Å²) in [5, 5.41) is 3.39. The van der Waals surface area contributed by atoms with E-state index in [0.717, 1.165) is 12.1 Å². The van der Waals surface area contributed by atoms with E-state index >= 15 is 0 Å². The minimum Gasteiger partial charge on any atom is -0.495 e. The average molecular weight is 487 g/mol.